The Hall–Kier alpha value is -0.760. The van der Waals surface area contributed by atoms with Gasteiger partial charge in [0.05, 0.1) is 5.88 Å². The molecule has 0 radical (unpaired) electrons. The van der Waals surface area contributed by atoms with Gasteiger partial charge in [-0.3, -0.25) is 0 Å². The minimum Gasteiger partial charge on any atom is -0.353 e. The summed E-state index contributed by atoms with van der Waals surface area (Å²) in [5.41, 5.74) is 1.17. The van der Waals surface area contributed by atoms with Gasteiger partial charge in [0.25, 0.3) is 0 Å². The maximum absolute atomic E-state index is 6.08. The standard InChI is InChI=1S/C16H25ClN2/c1-13(2)9-11-19(15-7-3-4-8-15)16-14(12-17)6-5-10-18-16/h5-6,10,13,15H,3-4,7-9,11-12H2,1-2H3. The van der Waals surface area contributed by atoms with Crippen molar-refractivity contribution in [2.75, 3.05) is 11.4 Å². The lowest BCUT2D eigenvalue weighted by atomic mass is 10.1. The monoisotopic (exact) mass is 280 g/mol. The Bertz CT molecular complexity index is 386. The number of rotatable bonds is 6. The van der Waals surface area contributed by atoms with Crippen LogP contribution in [0.1, 0.15) is 51.5 Å². The molecule has 0 N–H and O–H groups in total. The summed E-state index contributed by atoms with van der Waals surface area (Å²) in [5, 5.41) is 0. The second-order valence-corrected chi connectivity index (χ2v) is 6.20. The van der Waals surface area contributed by atoms with Crippen molar-refractivity contribution in [3.05, 3.63) is 23.9 Å². The average molecular weight is 281 g/mol. The van der Waals surface area contributed by atoms with Crippen LogP contribution in [0.4, 0.5) is 5.82 Å². The van der Waals surface area contributed by atoms with E-state index in [-0.39, 0.29) is 0 Å². The molecule has 19 heavy (non-hydrogen) atoms. The number of halogens is 1. The summed E-state index contributed by atoms with van der Waals surface area (Å²) >= 11 is 6.08. The van der Waals surface area contributed by atoms with Gasteiger partial charge in [-0.15, -0.1) is 11.6 Å². The minimum atomic E-state index is 0.550. The Morgan fingerprint density at radius 1 is 1.37 bits per heavy atom. The lowest BCUT2D eigenvalue weighted by Gasteiger charge is -2.32. The number of nitrogens with zero attached hydrogens (tertiary/aromatic N) is 2. The summed E-state index contributed by atoms with van der Waals surface area (Å²) in [6.45, 7) is 5.67. The predicted octanol–water partition coefficient (Wildman–Crippen LogP) is 4.62. The molecule has 0 aliphatic heterocycles. The molecule has 2 nitrogen and oxygen atoms in total. The van der Waals surface area contributed by atoms with Crippen LogP contribution in [0.5, 0.6) is 0 Å². The molecule has 0 atom stereocenters. The second-order valence-electron chi connectivity index (χ2n) is 5.93. The van der Waals surface area contributed by atoms with Gasteiger partial charge in [0, 0.05) is 24.3 Å². The molecule has 0 amide bonds. The van der Waals surface area contributed by atoms with E-state index < -0.39 is 0 Å². The lowest BCUT2D eigenvalue weighted by Crippen LogP contribution is -2.36. The van der Waals surface area contributed by atoms with E-state index in [1.165, 1.54) is 37.7 Å². The van der Waals surface area contributed by atoms with Crippen LogP contribution < -0.4 is 4.90 Å². The van der Waals surface area contributed by atoms with E-state index in [0.717, 1.165) is 18.3 Å². The van der Waals surface area contributed by atoms with Crippen LogP contribution >= 0.6 is 11.6 Å². The molecule has 1 fully saturated rings. The van der Waals surface area contributed by atoms with Crippen molar-refractivity contribution in [2.45, 2.75) is 57.9 Å². The van der Waals surface area contributed by atoms with Crippen LogP contribution in [0.25, 0.3) is 0 Å². The summed E-state index contributed by atoms with van der Waals surface area (Å²) in [6, 6.07) is 4.75. The Kier molecular flexibility index (Phi) is 5.50. The number of hydrogen-bond acceptors (Lipinski definition) is 2. The lowest BCUT2D eigenvalue weighted by molar-refractivity contribution is 0.524. The van der Waals surface area contributed by atoms with Gasteiger partial charge in [-0.05, 0) is 31.2 Å². The zero-order chi connectivity index (χ0) is 13.7. The summed E-state index contributed by atoms with van der Waals surface area (Å²) < 4.78 is 0. The molecule has 2 rings (SSSR count). The summed E-state index contributed by atoms with van der Waals surface area (Å²) in [6.07, 6.45) is 8.42. The topological polar surface area (TPSA) is 16.1 Å². The largest absolute Gasteiger partial charge is 0.353 e. The smallest absolute Gasteiger partial charge is 0.133 e. The highest BCUT2D eigenvalue weighted by molar-refractivity contribution is 6.17. The van der Waals surface area contributed by atoms with E-state index in [4.69, 9.17) is 11.6 Å². The fourth-order valence-electron chi connectivity index (χ4n) is 2.87. The van der Waals surface area contributed by atoms with E-state index in [2.05, 4.69) is 29.8 Å². The van der Waals surface area contributed by atoms with Gasteiger partial charge in [-0.1, -0.05) is 32.8 Å². The molecule has 106 valence electrons. The molecule has 1 aliphatic carbocycles. The Morgan fingerprint density at radius 3 is 2.74 bits per heavy atom. The molecule has 1 saturated carbocycles. The number of hydrogen-bond donors (Lipinski definition) is 0. The van der Waals surface area contributed by atoms with Crippen LogP contribution in [-0.4, -0.2) is 17.6 Å². The first-order valence-corrected chi connectivity index (χ1v) is 8.02. The number of anilines is 1. The highest BCUT2D eigenvalue weighted by Gasteiger charge is 2.25. The van der Waals surface area contributed by atoms with Crippen molar-refractivity contribution in [2.24, 2.45) is 5.92 Å². The second kappa shape index (κ2) is 7.14. The Balaban J connectivity index is 2.19. The molecule has 0 saturated heterocycles. The van der Waals surface area contributed by atoms with Crippen LogP contribution in [0, 0.1) is 5.92 Å². The third-order valence-electron chi connectivity index (χ3n) is 4.00. The minimum absolute atomic E-state index is 0.550. The highest BCUT2D eigenvalue weighted by atomic mass is 35.5. The predicted molar refractivity (Wildman–Crippen MR) is 82.9 cm³/mol. The molecular formula is C16H25ClN2. The SMILES string of the molecule is CC(C)CCN(c1ncccc1CCl)C1CCCC1. The van der Waals surface area contributed by atoms with Crippen molar-refractivity contribution in [3.8, 4) is 0 Å². The quantitative estimate of drug-likeness (QED) is 0.707. The number of pyridine rings is 1. The molecule has 0 bridgehead atoms. The van der Waals surface area contributed by atoms with E-state index in [9.17, 15) is 0 Å². The maximum Gasteiger partial charge on any atom is 0.133 e. The van der Waals surface area contributed by atoms with E-state index >= 15 is 0 Å². The van der Waals surface area contributed by atoms with Crippen molar-refractivity contribution in [1.82, 2.24) is 4.98 Å². The molecule has 1 aliphatic rings. The average Bonchev–Trinajstić information content (AvgIpc) is 2.93. The van der Waals surface area contributed by atoms with Crippen LogP contribution in [0.3, 0.4) is 0 Å². The van der Waals surface area contributed by atoms with Crippen molar-refractivity contribution in [3.63, 3.8) is 0 Å². The van der Waals surface area contributed by atoms with Gasteiger partial charge < -0.3 is 4.90 Å². The van der Waals surface area contributed by atoms with Gasteiger partial charge in [0.2, 0.25) is 0 Å². The third-order valence-corrected chi connectivity index (χ3v) is 4.28. The van der Waals surface area contributed by atoms with E-state index in [0.29, 0.717) is 11.9 Å². The number of aromatic nitrogens is 1. The molecule has 0 aromatic carbocycles. The van der Waals surface area contributed by atoms with Crippen LogP contribution in [0.2, 0.25) is 0 Å². The van der Waals surface area contributed by atoms with E-state index in [1.807, 2.05) is 12.3 Å². The van der Waals surface area contributed by atoms with Gasteiger partial charge in [-0.2, -0.15) is 0 Å². The molecular weight excluding hydrogens is 256 g/mol. The highest BCUT2D eigenvalue weighted by Crippen LogP contribution is 2.30. The van der Waals surface area contributed by atoms with Crippen molar-refractivity contribution < 1.29 is 0 Å². The summed E-state index contributed by atoms with van der Waals surface area (Å²) in [5.74, 6) is 2.39. The Labute approximate surface area is 122 Å². The van der Waals surface area contributed by atoms with Gasteiger partial charge >= 0.3 is 0 Å². The molecule has 1 heterocycles. The van der Waals surface area contributed by atoms with E-state index in [1.54, 1.807) is 0 Å². The molecule has 0 spiro atoms. The molecule has 3 heteroatoms. The first kappa shape index (κ1) is 14.6. The fourth-order valence-corrected chi connectivity index (χ4v) is 3.08. The van der Waals surface area contributed by atoms with Gasteiger partial charge in [0.15, 0.2) is 0 Å². The first-order chi connectivity index (χ1) is 9.22. The maximum atomic E-state index is 6.08. The van der Waals surface area contributed by atoms with Gasteiger partial charge in [-0.25, -0.2) is 4.98 Å². The van der Waals surface area contributed by atoms with Crippen LogP contribution in [0.15, 0.2) is 18.3 Å². The Morgan fingerprint density at radius 2 is 2.11 bits per heavy atom. The number of alkyl halides is 1. The first-order valence-electron chi connectivity index (χ1n) is 7.49. The zero-order valence-electron chi connectivity index (χ0n) is 12.1. The molecule has 0 unspecified atom stereocenters. The van der Waals surface area contributed by atoms with Crippen molar-refractivity contribution in [1.29, 1.82) is 0 Å². The van der Waals surface area contributed by atoms with Gasteiger partial charge in [0.1, 0.15) is 5.82 Å². The van der Waals surface area contributed by atoms with Crippen LogP contribution in [-0.2, 0) is 5.88 Å². The summed E-state index contributed by atoms with van der Waals surface area (Å²) in [4.78, 5) is 7.13. The normalized spacial score (nSPS) is 16.2. The molecule has 1 aromatic heterocycles. The fraction of sp³-hybridized carbons (Fsp3) is 0.688. The zero-order valence-corrected chi connectivity index (χ0v) is 12.9. The van der Waals surface area contributed by atoms with Crippen molar-refractivity contribution >= 4 is 17.4 Å². The third kappa shape index (κ3) is 3.85. The molecule has 1 aromatic rings. The summed E-state index contributed by atoms with van der Waals surface area (Å²) in [7, 11) is 0.